The largest absolute Gasteiger partial charge is 0.433 e. The van der Waals surface area contributed by atoms with Gasteiger partial charge in [-0.05, 0) is 38.1 Å². The molecule has 1 aromatic carbocycles. The van der Waals surface area contributed by atoms with Crippen LogP contribution in [0.2, 0.25) is 5.02 Å². The normalized spacial score (nSPS) is 11.6. The third-order valence-electron chi connectivity index (χ3n) is 5.03. The number of hydrogen-bond donors (Lipinski definition) is 0. The summed E-state index contributed by atoms with van der Waals surface area (Å²) in [6.45, 7) is 7.35. The summed E-state index contributed by atoms with van der Waals surface area (Å²) in [5.74, 6) is -0.723. The Morgan fingerprint density at radius 1 is 1.03 bits per heavy atom. The highest BCUT2D eigenvalue weighted by molar-refractivity contribution is 7.21. The first-order chi connectivity index (χ1) is 17.0. The van der Waals surface area contributed by atoms with Gasteiger partial charge < -0.3 is 0 Å². The number of nitrogens with zero attached hydrogens (tertiary/aromatic N) is 6. The van der Waals surface area contributed by atoms with E-state index >= 15 is 0 Å². The first kappa shape index (κ1) is 25.6. The van der Waals surface area contributed by atoms with Crippen LogP contribution < -0.4 is 5.43 Å². The Kier molecular flexibility index (Phi) is 6.76. The minimum Gasteiger partial charge on any atom is -0.285 e. The summed E-state index contributed by atoms with van der Waals surface area (Å²) in [5, 5.41) is 4.48. The van der Waals surface area contributed by atoms with Crippen molar-refractivity contribution in [3.8, 4) is 16.4 Å². The number of hydrogen-bond acceptors (Lipinski definition) is 7. The maximum Gasteiger partial charge on any atom is 0.433 e. The number of alkyl halides is 3. The predicted octanol–water partition coefficient (Wildman–Crippen LogP) is 6.30. The van der Waals surface area contributed by atoms with Crippen LogP contribution in [0, 0.1) is 19.7 Å². The summed E-state index contributed by atoms with van der Waals surface area (Å²) in [6.07, 6.45) is -3.62. The molecular weight excluding hydrogens is 520 g/mol. The molecule has 0 fully saturated rings. The molecule has 0 aliphatic rings. The van der Waals surface area contributed by atoms with Gasteiger partial charge in [-0.1, -0.05) is 25.4 Å². The van der Waals surface area contributed by atoms with Gasteiger partial charge in [-0.2, -0.15) is 18.3 Å². The molecule has 0 aliphatic heterocycles. The van der Waals surface area contributed by atoms with Gasteiger partial charge in [0.2, 0.25) is 5.43 Å². The summed E-state index contributed by atoms with van der Waals surface area (Å²) >= 11 is 6.80. The van der Waals surface area contributed by atoms with Crippen LogP contribution in [0.4, 0.5) is 17.6 Å². The Bertz CT molecular complexity index is 1680. The summed E-state index contributed by atoms with van der Waals surface area (Å²) in [6, 6.07) is 4.69. The molecule has 0 unspecified atom stereocenters. The van der Waals surface area contributed by atoms with E-state index in [1.165, 1.54) is 12.1 Å². The molecule has 7 nitrogen and oxygen atoms in total. The fourth-order valence-corrected chi connectivity index (χ4v) is 4.30. The fraction of sp³-hybridized carbons (Fsp3) is 0.217. The lowest BCUT2D eigenvalue weighted by atomic mass is 10.2. The van der Waals surface area contributed by atoms with Crippen molar-refractivity contribution in [1.29, 1.82) is 0 Å². The van der Waals surface area contributed by atoms with Gasteiger partial charge in [0.15, 0.2) is 16.9 Å². The second-order valence-corrected chi connectivity index (χ2v) is 8.77. The maximum absolute atomic E-state index is 14.8. The maximum atomic E-state index is 14.8. The minimum atomic E-state index is -4.65. The zero-order valence-corrected chi connectivity index (χ0v) is 20.8. The number of aryl methyl sites for hydroxylation is 2. The second kappa shape index (κ2) is 9.51. The molecule has 0 radical (unpaired) electrons. The van der Waals surface area contributed by atoms with E-state index in [-0.39, 0.29) is 38.1 Å². The molecule has 5 aromatic rings. The molecule has 0 amide bonds. The van der Waals surface area contributed by atoms with E-state index in [1.807, 2.05) is 13.8 Å². The van der Waals surface area contributed by atoms with Gasteiger partial charge in [0.1, 0.15) is 22.2 Å². The van der Waals surface area contributed by atoms with Crippen molar-refractivity contribution in [2.75, 3.05) is 0 Å². The lowest BCUT2D eigenvalue weighted by Gasteiger charge is -2.12. The second-order valence-electron chi connectivity index (χ2n) is 7.31. The molecule has 13 heteroatoms. The van der Waals surface area contributed by atoms with E-state index in [2.05, 4.69) is 25.0 Å². The Morgan fingerprint density at radius 2 is 1.72 bits per heavy atom. The van der Waals surface area contributed by atoms with E-state index in [4.69, 9.17) is 11.6 Å². The first-order valence-electron chi connectivity index (χ1n) is 10.6. The molecule has 0 bridgehead atoms. The zero-order chi connectivity index (χ0) is 26.4. The molecule has 0 aliphatic carbocycles. The summed E-state index contributed by atoms with van der Waals surface area (Å²) in [7, 11) is 0. The summed E-state index contributed by atoms with van der Waals surface area (Å²) in [4.78, 5) is 29.6. The highest BCUT2D eigenvalue weighted by Crippen LogP contribution is 2.33. The van der Waals surface area contributed by atoms with Crippen LogP contribution >= 0.6 is 22.9 Å². The van der Waals surface area contributed by atoms with E-state index in [0.29, 0.717) is 16.1 Å². The molecule has 0 spiro atoms. The van der Waals surface area contributed by atoms with Gasteiger partial charge in [-0.25, -0.2) is 24.0 Å². The smallest absolute Gasteiger partial charge is 0.285 e. The number of halogens is 5. The highest BCUT2D eigenvalue weighted by atomic mass is 35.5. The molecule has 0 atom stereocenters. The Hall–Kier alpha value is -3.51. The zero-order valence-electron chi connectivity index (χ0n) is 19.3. The number of fused-ring (bicyclic) bond motifs is 2. The van der Waals surface area contributed by atoms with Crippen LogP contribution in [-0.4, -0.2) is 29.7 Å². The van der Waals surface area contributed by atoms with Crippen molar-refractivity contribution in [2.45, 2.75) is 33.9 Å². The number of benzene rings is 1. The van der Waals surface area contributed by atoms with Gasteiger partial charge >= 0.3 is 6.18 Å². The average Bonchev–Trinajstić information content (AvgIpc) is 3.25. The topological polar surface area (TPSA) is 86.5 Å². The molecule has 0 saturated carbocycles. The number of thiazole rings is 1. The quantitative estimate of drug-likeness (QED) is 0.246. The molecule has 36 heavy (non-hydrogen) atoms. The van der Waals surface area contributed by atoms with Crippen molar-refractivity contribution in [2.24, 2.45) is 0 Å². The van der Waals surface area contributed by atoms with E-state index in [1.54, 1.807) is 13.8 Å². The van der Waals surface area contributed by atoms with Crippen molar-refractivity contribution >= 4 is 44.3 Å². The Balaban J connectivity index is 0.00000148. The van der Waals surface area contributed by atoms with Crippen molar-refractivity contribution in [3.05, 3.63) is 68.6 Å². The monoisotopic (exact) mass is 536 g/mol. The SMILES string of the molecule is CC.Cc1nc2c(=O)c(-c3nc4cc(C(F)(F)F)ncc4s3)nn(-c3ccc(Cl)cc3F)c2nc1C. The van der Waals surface area contributed by atoms with Crippen LogP contribution in [0.15, 0.2) is 35.3 Å². The third-order valence-corrected chi connectivity index (χ3v) is 6.27. The van der Waals surface area contributed by atoms with Crippen LogP contribution in [0.3, 0.4) is 0 Å². The van der Waals surface area contributed by atoms with E-state index in [9.17, 15) is 22.4 Å². The van der Waals surface area contributed by atoms with Gasteiger partial charge in [0.05, 0.1) is 21.6 Å². The van der Waals surface area contributed by atoms with E-state index in [0.717, 1.165) is 34.3 Å². The van der Waals surface area contributed by atoms with E-state index < -0.39 is 23.1 Å². The number of pyridine rings is 1. The Labute approximate surface area is 210 Å². The van der Waals surface area contributed by atoms with Gasteiger partial charge in [0.25, 0.3) is 0 Å². The average molecular weight is 537 g/mol. The molecular formula is C23H17ClF4N6OS. The van der Waals surface area contributed by atoms with Crippen LogP contribution in [0.25, 0.3) is 37.8 Å². The van der Waals surface area contributed by atoms with Crippen LogP contribution in [0.1, 0.15) is 30.9 Å². The highest BCUT2D eigenvalue weighted by Gasteiger charge is 2.33. The molecule has 0 N–H and O–H groups in total. The number of rotatable bonds is 2. The standard InChI is InChI=1S/C21H11ClF4N6OS.C2H6/c1-8-9(2)29-19-16(28-8)18(33)17(31-32(19)13-4-3-10(22)5-11(13)23)20-30-12-6-15(21(24,25)26)27-7-14(12)34-20;1-2/h3-7H,1-2H3;1-2H3. The van der Waals surface area contributed by atoms with Gasteiger partial charge in [0, 0.05) is 11.2 Å². The third kappa shape index (κ3) is 4.53. The summed E-state index contributed by atoms with van der Waals surface area (Å²) in [5.41, 5.74) is -1.09. The predicted molar refractivity (Wildman–Crippen MR) is 130 cm³/mol. The van der Waals surface area contributed by atoms with Crippen LogP contribution in [0.5, 0.6) is 0 Å². The van der Waals surface area contributed by atoms with Gasteiger partial charge in [-0.3, -0.25) is 9.78 Å². The summed E-state index contributed by atoms with van der Waals surface area (Å²) < 4.78 is 55.4. The molecule has 5 rings (SSSR count). The Morgan fingerprint density at radius 3 is 2.39 bits per heavy atom. The molecule has 4 heterocycles. The lowest BCUT2D eigenvalue weighted by molar-refractivity contribution is -0.141. The van der Waals surface area contributed by atoms with Crippen molar-refractivity contribution in [3.63, 3.8) is 0 Å². The molecule has 4 aromatic heterocycles. The van der Waals surface area contributed by atoms with Crippen molar-refractivity contribution in [1.82, 2.24) is 29.7 Å². The molecule has 0 saturated heterocycles. The minimum absolute atomic E-state index is 0.000911. The first-order valence-corrected chi connectivity index (χ1v) is 11.8. The fourth-order valence-electron chi connectivity index (χ4n) is 3.25. The molecule has 186 valence electrons. The lowest BCUT2D eigenvalue weighted by Crippen LogP contribution is -2.19. The van der Waals surface area contributed by atoms with Crippen molar-refractivity contribution < 1.29 is 17.6 Å². The van der Waals surface area contributed by atoms with Gasteiger partial charge in [-0.15, -0.1) is 11.3 Å². The number of aromatic nitrogens is 6. The van der Waals surface area contributed by atoms with Crippen LogP contribution in [-0.2, 0) is 6.18 Å².